The van der Waals surface area contributed by atoms with Crippen LogP contribution in [0.1, 0.15) is 31.2 Å². The Kier molecular flexibility index (Phi) is 5.49. The highest BCUT2D eigenvalue weighted by molar-refractivity contribution is 7.80. The summed E-state index contributed by atoms with van der Waals surface area (Å²) >= 11 is 4.87. The summed E-state index contributed by atoms with van der Waals surface area (Å²) in [6.45, 7) is 0.793. The molecule has 0 aliphatic heterocycles. The van der Waals surface area contributed by atoms with E-state index in [1.165, 1.54) is 25.7 Å². The van der Waals surface area contributed by atoms with Crippen molar-refractivity contribution in [2.45, 2.75) is 25.7 Å². The molecule has 1 saturated carbocycles. The molecule has 0 bridgehead atoms. The van der Waals surface area contributed by atoms with E-state index in [-0.39, 0.29) is 12.5 Å². The fourth-order valence-corrected chi connectivity index (χ4v) is 2.55. The normalized spacial score (nSPS) is 15.2. The van der Waals surface area contributed by atoms with Gasteiger partial charge < -0.3 is 15.8 Å². The Hall–Kier alpha value is -1.46. The van der Waals surface area contributed by atoms with Crippen LogP contribution < -0.4 is 11.1 Å². The highest BCUT2D eigenvalue weighted by Crippen LogP contribution is 2.24. The number of hydrogen-bond donors (Lipinski definition) is 2. The molecule has 0 radical (unpaired) electrons. The molecule has 5 heteroatoms. The van der Waals surface area contributed by atoms with Crippen LogP contribution in [-0.2, 0) is 9.53 Å². The lowest BCUT2D eigenvalue weighted by atomic mass is 10.1. The second-order valence-electron chi connectivity index (χ2n) is 5.16. The summed E-state index contributed by atoms with van der Waals surface area (Å²) in [4.78, 5) is 12.1. The van der Waals surface area contributed by atoms with Gasteiger partial charge in [-0.05, 0) is 43.0 Å². The van der Waals surface area contributed by atoms with Crippen LogP contribution in [-0.4, -0.2) is 24.1 Å². The number of nitrogens with one attached hydrogen (secondary N) is 1. The molecule has 0 aromatic heterocycles. The van der Waals surface area contributed by atoms with Crippen molar-refractivity contribution in [3.8, 4) is 0 Å². The van der Waals surface area contributed by atoms with Gasteiger partial charge in [-0.1, -0.05) is 25.1 Å². The highest BCUT2D eigenvalue weighted by Gasteiger charge is 2.15. The number of amides is 1. The van der Waals surface area contributed by atoms with Crippen molar-refractivity contribution in [2.75, 3.05) is 18.5 Å². The van der Waals surface area contributed by atoms with Crippen LogP contribution in [0.5, 0.6) is 0 Å². The summed E-state index contributed by atoms with van der Waals surface area (Å²) in [6.07, 6.45) is 5.02. The second-order valence-corrected chi connectivity index (χ2v) is 5.60. The number of carbonyl (C=O) groups excluding carboxylic acids is 1. The molecule has 20 heavy (non-hydrogen) atoms. The van der Waals surface area contributed by atoms with Gasteiger partial charge in [0.05, 0.1) is 6.61 Å². The average Bonchev–Trinajstić information content (AvgIpc) is 2.92. The summed E-state index contributed by atoms with van der Waals surface area (Å²) in [7, 11) is 0. The van der Waals surface area contributed by atoms with Gasteiger partial charge in [-0.25, -0.2) is 0 Å². The molecule has 1 aliphatic carbocycles. The molecule has 0 saturated heterocycles. The van der Waals surface area contributed by atoms with Gasteiger partial charge in [-0.2, -0.15) is 0 Å². The van der Waals surface area contributed by atoms with E-state index in [0.717, 1.165) is 11.3 Å². The third kappa shape index (κ3) is 4.58. The summed E-state index contributed by atoms with van der Waals surface area (Å²) in [5.41, 5.74) is 7.02. The average molecular weight is 292 g/mol. The van der Waals surface area contributed by atoms with Gasteiger partial charge >= 0.3 is 0 Å². The van der Waals surface area contributed by atoms with Gasteiger partial charge in [-0.15, -0.1) is 0 Å². The molecule has 0 spiro atoms. The number of ether oxygens (including phenoxy) is 1. The molecule has 4 nitrogen and oxygen atoms in total. The zero-order valence-corrected chi connectivity index (χ0v) is 12.2. The van der Waals surface area contributed by atoms with Crippen molar-refractivity contribution in [1.29, 1.82) is 0 Å². The molecule has 0 atom stereocenters. The predicted molar refractivity (Wildman–Crippen MR) is 83.7 cm³/mol. The minimum atomic E-state index is -0.133. The molecule has 0 unspecified atom stereocenters. The third-order valence-corrected chi connectivity index (χ3v) is 3.75. The zero-order valence-electron chi connectivity index (χ0n) is 11.4. The van der Waals surface area contributed by atoms with Crippen LogP contribution in [0.25, 0.3) is 0 Å². The predicted octanol–water partition coefficient (Wildman–Crippen LogP) is 2.47. The van der Waals surface area contributed by atoms with E-state index in [0.29, 0.717) is 17.5 Å². The van der Waals surface area contributed by atoms with Gasteiger partial charge in [0, 0.05) is 11.3 Å². The summed E-state index contributed by atoms with van der Waals surface area (Å²) in [6, 6.07) is 7.14. The smallest absolute Gasteiger partial charge is 0.250 e. The van der Waals surface area contributed by atoms with E-state index in [1.54, 1.807) is 24.3 Å². The van der Waals surface area contributed by atoms with E-state index in [1.807, 2.05) is 0 Å². The van der Waals surface area contributed by atoms with E-state index in [4.69, 9.17) is 22.7 Å². The quantitative estimate of drug-likeness (QED) is 0.791. The maximum absolute atomic E-state index is 11.7. The number of nitrogens with two attached hydrogens (primary N) is 1. The summed E-state index contributed by atoms with van der Waals surface area (Å²) in [5.74, 6) is 0.499. The number of carbonyl (C=O) groups is 1. The molecule has 0 heterocycles. The molecule has 1 fully saturated rings. The maximum atomic E-state index is 11.7. The van der Waals surface area contributed by atoms with Crippen LogP contribution in [0, 0.1) is 5.92 Å². The molecular formula is C15H20N2O2S. The van der Waals surface area contributed by atoms with E-state index < -0.39 is 0 Å². The second kappa shape index (κ2) is 7.36. The van der Waals surface area contributed by atoms with Gasteiger partial charge in [-0.3, -0.25) is 4.79 Å². The number of rotatable bonds is 6. The topological polar surface area (TPSA) is 64.3 Å². The van der Waals surface area contributed by atoms with Crippen molar-refractivity contribution in [3.05, 3.63) is 29.8 Å². The molecule has 1 aromatic carbocycles. The molecule has 1 amide bonds. The first-order valence-electron chi connectivity index (χ1n) is 6.92. The highest BCUT2D eigenvalue weighted by atomic mass is 32.1. The summed E-state index contributed by atoms with van der Waals surface area (Å²) in [5, 5.41) is 2.79. The largest absolute Gasteiger partial charge is 0.389 e. The molecule has 3 N–H and O–H groups in total. The van der Waals surface area contributed by atoms with Gasteiger partial charge in [0.25, 0.3) is 0 Å². The van der Waals surface area contributed by atoms with Gasteiger partial charge in [0.2, 0.25) is 5.91 Å². The Bertz CT molecular complexity index is 467. The van der Waals surface area contributed by atoms with Crippen molar-refractivity contribution >= 4 is 28.8 Å². The van der Waals surface area contributed by atoms with Crippen LogP contribution in [0.4, 0.5) is 5.69 Å². The maximum Gasteiger partial charge on any atom is 0.250 e. The molecule has 108 valence electrons. The van der Waals surface area contributed by atoms with Crippen LogP contribution in [0.2, 0.25) is 0 Å². The minimum absolute atomic E-state index is 0.105. The first-order chi connectivity index (χ1) is 9.65. The Morgan fingerprint density at radius 3 is 2.55 bits per heavy atom. The first kappa shape index (κ1) is 14.9. The fourth-order valence-electron chi connectivity index (χ4n) is 2.41. The van der Waals surface area contributed by atoms with E-state index >= 15 is 0 Å². The molecule has 2 rings (SSSR count). The number of thiocarbonyl (C=S) groups is 1. The van der Waals surface area contributed by atoms with Crippen LogP contribution in [0.3, 0.4) is 0 Å². The third-order valence-electron chi connectivity index (χ3n) is 3.51. The van der Waals surface area contributed by atoms with Crippen molar-refractivity contribution in [3.63, 3.8) is 0 Å². The molecular weight excluding hydrogens is 272 g/mol. The summed E-state index contributed by atoms with van der Waals surface area (Å²) < 4.78 is 5.46. The lowest BCUT2D eigenvalue weighted by Crippen LogP contribution is -2.20. The van der Waals surface area contributed by atoms with Crippen molar-refractivity contribution in [2.24, 2.45) is 11.7 Å². The lowest BCUT2D eigenvalue weighted by molar-refractivity contribution is -0.121. The molecule has 1 aliphatic rings. The lowest BCUT2D eigenvalue weighted by Gasteiger charge is -2.10. The Morgan fingerprint density at radius 2 is 1.95 bits per heavy atom. The zero-order chi connectivity index (χ0) is 14.4. The Balaban J connectivity index is 1.71. The van der Waals surface area contributed by atoms with Crippen LogP contribution >= 0.6 is 12.2 Å². The van der Waals surface area contributed by atoms with Gasteiger partial charge in [0.15, 0.2) is 0 Å². The SMILES string of the molecule is NC(=S)c1ccc(NC(=O)COCC2CCCC2)cc1. The Morgan fingerprint density at radius 1 is 1.30 bits per heavy atom. The van der Waals surface area contributed by atoms with Crippen molar-refractivity contribution in [1.82, 2.24) is 0 Å². The number of benzene rings is 1. The first-order valence-corrected chi connectivity index (χ1v) is 7.33. The van der Waals surface area contributed by atoms with E-state index in [2.05, 4.69) is 5.32 Å². The minimum Gasteiger partial charge on any atom is -0.389 e. The standard InChI is InChI=1S/C15H20N2O2S/c16-15(20)12-5-7-13(8-6-12)17-14(18)10-19-9-11-3-1-2-4-11/h5-8,11H,1-4,9-10H2,(H2,16,20)(H,17,18). The fraction of sp³-hybridized carbons (Fsp3) is 0.467. The molecule has 1 aromatic rings. The number of hydrogen-bond acceptors (Lipinski definition) is 3. The number of anilines is 1. The van der Waals surface area contributed by atoms with Gasteiger partial charge in [0.1, 0.15) is 11.6 Å². The van der Waals surface area contributed by atoms with Crippen LogP contribution in [0.15, 0.2) is 24.3 Å². The Labute approximate surface area is 124 Å². The van der Waals surface area contributed by atoms with Crippen molar-refractivity contribution < 1.29 is 9.53 Å². The monoisotopic (exact) mass is 292 g/mol. The van der Waals surface area contributed by atoms with E-state index in [9.17, 15) is 4.79 Å².